The van der Waals surface area contributed by atoms with Crippen molar-refractivity contribution in [3.8, 4) is 0 Å². The van der Waals surface area contributed by atoms with Crippen LogP contribution in [-0.4, -0.2) is 32.8 Å². The van der Waals surface area contributed by atoms with Crippen LogP contribution in [0.5, 0.6) is 0 Å². The SMILES string of the molecule is CCn1c(=O)c2[nH]c(N)nc2n(CCOC)c1=O. The highest BCUT2D eigenvalue weighted by molar-refractivity contribution is 5.72. The number of anilines is 1. The Balaban J connectivity index is 2.81. The van der Waals surface area contributed by atoms with Crippen molar-refractivity contribution in [1.82, 2.24) is 19.1 Å². The van der Waals surface area contributed by atoms with E-state index in [0.717, 1.165) is 4.57 Å². The standard InChI is InChI=1S/C10H15N5O3/c1-3-14-8(16)6-7(13-9(11)12-6)15(10(14)17)4-5-18-2/h3-5H2,1-2H3,(H3,11,12,13). The lowest BCUT2D eigenvalue weighted by Crippen LogP contribution is -2.40. The Morgan fingerprint density at radius 2 is 2.11 bits per heavy atom. The number of hydrogen-bond acceptors (Lipinski definition) is 5. The van der Waals surface area contributed by atoms with E-state index in [1.807, 2.05) is 0 Å². The van der Waals surface area contributed by atoms with Gasteiger partial charge in [0, 0.05) is 13.7 Å². The predicted octanol–water partition coefficient (Wildman–Crippen LogP) is -0.865. The average molecular weight is 253 g/mol. The zero-order valence-corrected chi connectivity index (χ0v) is 10.3. The molecule has 0 radical (unpaired) electrons. The number of methoxy groups -OCH3 is 1. The van der Waals surface area contributed by atoms with Gasteiger partial charge in [-0.05, 0) is 6.92 Å². The van der Waals surface area contributed by atoms with E-state index in [0.29, 0.717) is 19.7 Å². The molecule has 8 nitrogen and oxygen atoms in total. The molecule has 18 heavy (non-hydrogen) atoms. The highest BCUT2D eigenvalue weighted by Crippen LogP contribution is 2.06. The Labute approximate surface area is 102 Å². The number of imidazole rings is 1. The predicted molar refractivity (Wildman–Crippen MR) is 66.6 cm³/mol. The number of nitrogens with zero attached hydrogens (tertiary/aromatic N) is 3. The number of aromatic amines is 1. The molecule has 0 amide bonds. The minimum atomic E-state index is -0.407. The molecule has 0 saturated heterocycles. The van der Waals surface area contributed by atoms with Gasteiger partial charge in [-0.2, -0.15) is 4.98 Å². The number of aromatic nitrogens is 4. The summed E-state index contributed by atoms with van der Waals surface area (Å²) in [5.41, 5.74) is 5.23. The summed E-state index contributed by atoms with van der Waals surface area (Å²) in [6.45, 7) is 2.69. The van der Waals surface area contributed by atoms with Crippen LogP contribution in [0.4, 0.5) is 5.95 Å². The van der Waals surface area contributed by atoms with Crippen LogP contribution in [0.2, 0.25) is 0 Å². The lowest BCUT2D eigenvalue weighted by atomic mass is 10.5. The summed E-state index contributed by atoms with van der Waals surface area (Å²) in [5.74, 6) is 0.113. The van der Waals surface area contributed by atoms with Gasteiger partial charge in [-0.3, -0.25) is 13.9 Å². The molecule has 0 atom stereocenters. The maximum atomic E-state index is 12.1. The van der Waals surface area contributed by atoms with Gasteiger partial charge in [-0.15, -0.1) is 0 Å². The number of hydrogen-bond donors (Lipinski definition) is 2. The van der Waals surface area contributed by atoms with Gasteiger partial charge in [0.15, 0.2) is 17.1 Å². The summed E-state index contributed by atoms with van der Waals surface area (Å²) < 4.78 is 7.46. The monoisotopic (exact) mass is 253 g/mol. The van der Waals surface area contributed by atoms with Crippen molar-refractivity contribution in [2.45, 2.75) is 20.0 Å². The molecule has 0 bridgehead atoms. The zero-order chi connectivity index (χ0) is 13.3. The molecule has 2 aromatic rings. The second kappa shape index (κ2) is 4.65. The first-order chi connectivity index (χ1) is 8.60. The Bertz CT molecular complexity index is 681. The zero-order valence-electron chi connectivity index (χ0n) is 10.3. The Morgan fingerprint density at radius 1 is 1.39 bits per heavy atom. The summed E-state index contributed by atoms with van der Waals surface area (Å²) in [4.78, 5) is 30.8. The number of nitrogens with two attached hydrogens (primary N) is 1. The van der Waals surface area contributed by atoms with Crippen LogP contribution in [0, 0.1) is 0 Å². The van der Waals surface area contributed by atoms with Gasteiger partial charge in [0.2, 0.25) is 0 Å². The summed E-state index contributed by atoms with van der Waals surface area (Å²) in [6, 6.07) is 0. The fraction of sp³-hybridized carbons (Fsp3) is 0.500. The molecule has 0 unspecified atom stereocenters. The van der Waals surface area contributed by atoms with Crippen LogP contribution in [-0.2, 0) is 17.8 Å². The van der Waals surface area contributed by atoms with Gasteiger partial charge in [0.05, 0.1) is 13.2 Å². The van der Waals surface area contributed by atoms with E-state index >= 15 is 0 Å². The van der Waals surface area contributed by atoms with Gasteiger partial charge >= 0.3 is 5.69 Å². The minimum absolute atomic E-state index is 0.113. The molecular weight excluding hydrogens is 238 g/mol. The Hall–Kier alpha value is -2.09. The van der Waals surface area contributed by atoms with Crippen molar-refractivity contribution in [2.75, 3.05) is 19.5 Å². The van der Waals surface area contributed by atoms with E-state index in [-0.39, 0.29) is 17.1 Å². The van der Waals surface area contributed by atoms with Crippen LogP contribution in [0.15, 0.2) is 9.59 Å². The van der Waals surface area contributed by atoms with Crippen molar-refractivity contribution in [2.24, 2.45) is 0 Å². The number of nitrogen functional groups attached to an aromatic ring is 1. The summed E-state index contributed by atoms with van der Waals surface area (Å²) in [5, 5.41) is 0. The molecule has 0 fully saturated rings. The number of rotatable bonds is 4. The van der Waals surface area contributed by atoms with Gasteiger partial charge in [-0.1, -0.05) is 0 Å². The maximum absolute atomic E-state index is 12.1. The third kappa shape index (κ3) is 1.80. The van der Waals surface area contributed by atoms with E-state index < -0.39 is 11.2 Å². The molecule has 0 saturated carbocycles. The summed E-state index contributed by atoms with van der Waals surface area (Å²) in [6.07, 6.45) is 0. The lowest BCUT2D eigenvalue weighted by Gasteiger charge is -2.08. The third-order valence-corrected chi connectivity index (χ3v) is 2.71. The Morgan fingerprint density at radius 3 is 2.72 bits per heavy atom. The number of H-pyrrole nitrogens is 1. The molecule has 0 aliphatic rings. The van der Waals surface area contributed by atoms with Crippen molar-refractivity contribution < 1.29 is 4.74 Å². The second-order valence-electron chi connectivity index (χ2n) is 3.80. The molecule has 98 valence electrons. The minimum Gasteiger partial charge on any atom is -0.383 e. The summed E-state index contributed by atoms with van der Waals surface area (Å²) in [7, 11) is 1.54. The molecule has 3 N–H and O–H groups in total. The molecule has 0 aromatic carbocycles. The van der Waals surface area contributed by atoms with Crippen LogP contribution >= 0.6 is 0 Å². The first-order valence-corrected chi connectivity index (χ1v) is 5.58. The number of nitrogens with one attached hydrogen (secondary N) is 1. The van der Waals surface area contributed by atoms with E-state index in [9.17, 15) is 9.59 Å². The number of ether oxygens (including phenoxy) is 1. The molecule has 8 heteroatoms. The lowest BCUT2D eigenvalue weighted by molar-refractivity contribution is 0.186. The van der Waals surface area contributed by atoms with Crippen LogP contribution in [0.25, 0.3) is 11.2 Å². The fourth-order valence-electron chi connectivity index (χ4n) is 1.85. The molecule has 2 rings (SSSR count). The Kier molecular flexibility index (Phi) is 3.19. The molecule has 2 heterocycles. The maximum Gasteiger partial charge on any atom is 0.332 e. The van der Waals surface area contributed by atoms with Crippen molar-refractivity contribution in [3.63, 3.8) is 0 Å². The van der Waals surface area contributed by atoms with Gasteiger partial charge in [0.25, 0.3) is 5.56 Å². The quantitative estimate of drug-likeness (QED) is 0.736. The van der Waals surface area contributed by atoms with E-state index in [1.165, 1.54) is 11.7 Å². The molecule has 0 aliphatic heterocycles. The van der Waals surface area contributed by atoms with Crippen LogP contribution in [0.3, 0.4) is 0 Å². The van der Waals surface area contributed by atoms with Crippen LogP contribution in [0.1, 0.15) is 6.92 Å². The smallest absolute Gasteiger partial charge is 0.332 e. The first-order valence-electron chi connectivity index (χ1n) is 5.58. The third-order valence-electron chi connectivity index (χ3n) is 2.71. The molecule has 0 spiro atoms. The normalized spacial score (nSPS) is 11.2. The fourth-order valence-corrected chi connectivity index (χ4v) is 1.85. The van der Waals surface area contributed by atoms with E-state index in [1.54, 1.807) is 6.92 Å². The van der Waals surface area contributed by atoms with Gasteiger partial charge < -0.3 is 15.5 Å². The van der Waals surface area contributed by atoms with E-state index in [4.69, 9.17) is 10.5 Å². The first kappa shape index (κ1) is 12.4. The van der Waals surface area contributed by atoms with Crippen molar-refractivity contribution in [3.05, 3.63) is 20.8 Å². The summed E-state index contributed by atoms with van der Waals surface area (Å²) >= 11 is 0. The number of fused-ring (bicyclic) bond motifs is 1. The van der Waals surface area contributed by atoms with Crippen molar-refractivity contribution >= 4 is 17.1 Å². The highest BCUT2D eigenvalue weighted by Gasteiger charge is 2.15. The van der Waals surface area contributed by atoms with E-state index in [2.05, 4.69) is 9.97 Å². The van der Waals surface area contributed by atoms with Gasteiger partial charge in [0.1, 0.15) is 0 Å². The topological polar surface area (TPSA) is 108 Å². The van der Waals surface area contributed by atoms with Gasteiger partial charge in [-0.25, -0.2) is 4.79 Å². The molecule has 0 aliphatic carbocycles. The van der Waals surface area contributed by atoms with Crippen molar-refractivity contribution in [1.29, 1.82) is 0 Å². The second-order valence-corrected chi connectivity index (χ2v) is 3.80. The van der Waals surface area contributed by atoms with Crippen LogP contribution < -0.4 is 17.0 Å². The largest absolute Gasteiger partial charge is 0.383 e. The highest BCUT2D eigenvalue weighted by atomic mass is 16.5. The molecule has 2 aromatic heterocycles. The average Bonchev–Trinajstić information content (AvgIpc) is 2.72. The molecular formula is C10H15N5O3.